The third kappa shape index (κ3) is 3.16. The van der Waals surface area contributed by atoms with Crippen molar-refractivity contribution in [1.29, 1.82) is 0 Å². The lowest BCUT2D eigenvalue weighted by molar-refractivity contribution is 0.0927. The van der Waals surface area contributed by atoms with Crippen LogP contribution in [0.1, 0.15) is 48.7 Å². The van der Waals surface area contributed by atoms with Gasteiger partial charge in [-0.2, -0.15) is 0 Å². The standard InChI is InChI=1S/C16H24N2O/c1-4-11(2)12(3)18-16(19)15-7-5-6-13-10-17-9-8-14(13)15/h5-7,11-12,17H,4,8-10H2,1-3H3,(H,18,19). The van der Waals surface area contributed by atoms with Crippen LogP contribution in [0.15, 0.2) is 18.2 Å². The predicted molar refractivity (Wildman–Crippen MR) is 78.2 cm³/mol. The molecule has 1 aromatic carbocycles. The van der Waals surface area contributed by atoms with Crippen LogP contribution < -0.4 is 10.6 Å². The van der Waals surface area contributed by atoms with Gasteiger partial charge in [0, 0.05) is 18.2 Å². The van der Waals surface area contributed by atoms with Crippen molar-refractivity contribution in [2.45, 2.75) is 46.2 Å². The molecule has 2 rings (SSSR count). The van der Waals surface area contributed by atoms with Crippen LogP contribution in [0.2, 0.25) is 0 Å². The minimum Gasteiger partial charge on any atom is -0.349 e. The molecule has 1 heterocycles. The summed E-state index contributed by atoms with van der Waals surface area (Å²) >= 11 is 0. The van der Waals surface area contributed by atoms with E-state index in [-0.39, 0.29) is 11.9 Å². The Bertz CT molecular complexity index is 456. The molecule has 0 saturated carbocycles. The maximum atomic E-state index is 12.4. The zero-order valence-electron chi connectivity index (χ0n) is 12.1. The Morgan fingerprint density at radius 2 is 2.21 bits per heavy atom. The Morgan fingerprint density at radius 1 is 1.42 bits per heavy atom. The lowest BCUT2D eigenvalue weighted by atomic mass is 9.94. The molecule has 1 amide bonds. The van der Waals surface area contributed by atoms with Crippen molar-refractivity contribution in [1.82, 2.24) is 10.6 Å². The first-order valence-corrected chi connectivity index (χ1v) is 7.25. The summed E-state index contributed by atoms with van der Waals surface area (Å²) in [5, 5.41) is 6.48. The highest BCUT2D eigenvalue weighted by atomic mass is 16.1. The highest BCUT2D eigenvalue weighted by molar-refractivity contribution is 5.96. The van der Waals surface area contributed by atoms with E-state index >= 15 is 0 Å². The highest BCUT2D eigenvalue weighted by Gasteiger charge is 2.19. The van der Waals surface area contributed by atoms with Crippen LogP contribution >= 0.6 is 0 Å². The summed E-state index contributed by atoms with van der Waals surface area (Å²) in [4.78, 5) is 12.4. The van der Waals surface area contributed by atoms with Gasteiger partial charge in [0.25, 0.3) is 5.91 Å². The average Bonchev–Trinajstić information content (AvgIpc) is 2.45. The van der Waals surface area contributed by atoms with Gasteiger partial charge in [-0.15, -0.1) is 0 Å². The Hall–Kier alpha value is -1.35. The molecule has 1 aliphatic rings. The molecule has 0 spiro atoms. The molecule has 0 saturated heterocycles. The van der Waals surface area contributed by atoms with E-state index < -0.39 is 0 Å². The zero-order chi connectivity index (χ0) is 13.8. The van der Waals surface area contributed by atoms with Crippen LogP contribution in [-0.2, 0) is 13.0 Å². The molecular formula is C16H24N2O. The molecule has 0 fully saturated rings. The van der Waals surface area contributed by atoms with Gasteiger partial charge in [-0.25, -0.2) is 0 Å². The molecular weight excluding hydrogens is 236 g/mol. The Kier molecular flexibility index (Phi) is 4.59. The maximum absolute atomic E-state index is 12.4. The van der Waals surface area contributed by atoms with Crippen LogP contribution in [0.5, 0.6) is 0 Å². The number of carbonyl (C=O) groups is 1. The first kappa shape index (κ1) is 14.1. The summed E-state index contributed by atoms with van der Waals surface area (Å²) in [7, 11) is 0. The molecule has 0 radical (unpaired) electrons. The van der Waals surface area contributed by atoms with Crippen LogP contribution in [0.25, 0.3) is 0 Å². The van der Waals surface area contributed by atoms with Crippen molar-refractivity contribution in [2.24, 2.45) is 5.92 Å². The first-order chi connectivity index (χ1) is 9.13. The molecule has 0 bridgehead atoms. The average molecular weight is 260 g/mol. The molecule has 104 valence electrons. The van der Waals surface area contributed by atoms with Gasteiger partial charge < -0.3 is 10.6 Å². The summed E-state index contributed by atoms with van der Waals surface area (Å²) in [6.45, 7) is 8.25. The SMILES string of the molecule is CCC(C)C(C)NC(=O)c1cccc2c1CCNC2. The highest BCUT2D eigenvalue weighted by Crippen LogP contribution is 2.19. The van der Waals surface area contributed by atoms with Gasteiger partial charge in [0.1, 0.15) is 0 Å². The van der Waals surface area contributed by atoms with Crippen molar-refractivity contribution < 1.29 is 4.79 Å². The van der Waals surface area contributed by atoms with Crippen molar-refractivity contribution in [3.8, 4) is 0 Å². The van der Waals surface area contributed by atoms with Crippen molar-refractivity contribution >= 4 is 5.91 Å². The van der Waals surface area contributed by atoms with Gasteiger partial charge in [0.15, 0.2) is 0 Å². The van der Waals surface area contributed by atoms with Gasteiger partial charge in [0.05, 0.1) is 0 Å². The van der Waals surface area contributed by atoms with E-state index in [1.807, 2.05) is 12.1 Å². The van der Waals surface area contributed by atoms with Crippen LogP contribution in [0, 0.1) is 5.92 Å². The Labute approximate surface area is 115 Å². The second-order valence-electron chi connectivity index (χ2n) is 5.52. The first-order valence-electron chi connectivity index (χ1n) is 7.25. The summed E-state index contributed by atoms with van der Waals surface area (Å²) in [6, 6.07) is 6.25. The van der Waals surface area contributed by atoms with Crippen LogP contribution in [0.4, 0.5) is 0 Å². The van der Waals surface area contributed by atoms with Gasteiger partial charge >= 0.3 is 0 Å². The molecule has 2 N–H and O–H groups in total. The van der Waals surface area contributed by atoms with Crippen molar-refractivity contribution in [3.63, 3.8) is 0 Å². The number of fused-ring (bicyclic) bond motifs is 1. The number of hydrogen-bond acceptors (Lipinski definition) is 2. The third-order valence-electron chi connectivity index (χ3n) is 4.24. The van der Waals surface area contributed by atoms with E-state index in [0.717, 1.165) is 31.5 Å². The number of hydrogen-bond donors (Lipinski definition) is 2. The fourth-order valence-electron chi connectivity index (χ4n) is 2.53. The lowest BCUT2D eigenvalue weighted by Gasteiger charge is -2.23. The smallest absolute Gasteiger partial charge is 0.251 e. The summed E-state index contributed by atoms with van der Waals surface area (Å²) in [5.41, 5.74) is 3.33. The topological polar surface area (TPSA) is 41.1 Å². The van der Waals surface area contributed by atoms with E-state index in [0.29, 0.717) is 5.92 Å². The second kappa shape index (κ2) is 6.20. The number of rotatable bonds is 4. The van der Waals surface area contributed by atoms with Gasteiger partial charge in [-0.3, -0.25) is 4.79 Å². The van der Waals surface area contributed by atoms with E-state index in [1.165, 1.54) is 11.1 Å². The Morgan fingerprint density at radius 3 is 2.95 bits per heavy atom. The second-order valence-corrected chi connectivity index (χ2v) is 5.52. The quantitative estimate of drug-likeness (QED) is 0.873. The molecule has 1 aromatic rings. The largest absolute Gasteiger partial charge is 0.349 e. The summed E-state index contributed by atoms with van der Waals surface area (Å²) < 4.78 is 0. The molecule has 1 aliphatic heterocycles. The maximum Gasteiger partial charge on any atom is 0.251 e. The van der Waals surface area contributed by atoms with Crippen molar-refractivity contribution in [2.75, 3.05) is 6.54 Å². The minimum absolute atomic E-state index is 0.0755. The molecule has 0 aliphatic carbocycles. The van der Waals surface area contributed by atoms with E-state index in [4.69, 9.17) is 0 Å². The van der Waals surface area contributed by atoms with Crippen LogP contribution in [0.3, 0.4) is 0 Å². The molecule has 3 nitrogen and oxygen atoms in total. The van der Waals surface area contributed by atoms with Gasteiger partial charge in [-0.05, 0) is 43.0 Å². The fraction of sp³-hybridized carbons (Fsp3) is 0.562. The number of carbonyl (C=O) groups excluding carboxylic acids is 1. The zero-order valence-corrected chi connectivity index (χ0v) is 12.1. The van der Waals surface area contributed by atoms with Gasteiger partial charge in [0.2, 0.25) is 0 Å². The Balaban J connectivity index is 2.15. The number of nitrogens with one attached hydrogen (secondary N) is 2. The molecule has 2 unspecified atom stereocenters. The van der Waals surface area contributed by atoms with Gasteiger partial charge in [-0.1, -0.05) is 32.4 Å². The molecule has 0 aromatic heterocycles. The predicted octanol–water partition coefficient (Wildman–Crippen LogP) is 2.50. The minimum atomic E-state index is 0.0755. The van der Waals surface area contributed by atoms with E-state index in [1.54, 1.807) is 0 Å². The molecule has 2 atom stereocenters. The monoisotopic (exact) mass is 260 g/mol. The lowest BCUT2D eigenvalue weighted by Crippen LogP contribution is -2.38. The van der Waals surface area contributed by atoms with E-state index in [2.05, 4.69) is 37.5 Å². The van der Waals surface area contributed by atoms with E-state index in [9.17, 15) is 4.79 Å². The normalized spacial score (nSPS) is 17.4. The fourth-order valence-corrected chi connectivity index (χ4v) is 2.53. The number of amides is 1. The third-order valence-corrected chi connectivity index (χ3v) is 4.24. The van der Waals surface area contributed by atoms with Crippen molar-refractivity contribution in [3.05, 3.63) is 34.9 Å². The molecule has 3 heteroatoms. The number of benzene rings is 1. The summed E-state index contributed by atoms with van der Waals surface area (Å²) in [6.07, 6.45) is 2.02. The summed E-state index contributed by atoms with van der Waals surface area (Å²) in [5.74, 6) is 0.580. The van der Waals surface area contributed by atoms with Crippen LogP contribution in [-0.4, -0.2) is 18.5 Å². The molecule has 19 heavy (non-hydrogen) atoms.